The molecule has 1 aliphatic carbocycles. The fourth-order valence-corrected chi connectivity index (χ4v) is 4.35. The predicted octanol–water partition coefficient (Wildman–Crippen LogP) is 5.87. The van der Waals surface area contributed by atoms with E-state index < -0.39 is 0 Å². The van der Waals surface area contributed by atoms with Crippen LogP contribution in [0, 0.1) is 5.92 Å². The third kappa shape index (κ3) is 6.37. The summed E-state index contributed by atoms with van der Waals surface area (Å²) < 4.78 is 8.51. The summed E-state index contributed by atoms with van der Waals surface area (Å²) in [5, 5.41) is 3.06. The van der Waals surface area contributed by atoms with Crippen LogP contribution in [-0.4, -0.2) is 28.6 Å². The minimum absolute atomic E-state index is 0.245. The van der Waals surface area contributed by atoms with E-state index in [1.807, 2.05) is 6.07 Å². The van der Waals surface area contributed by atoms with Crippen LogP contribution in [0.25, 0.3) is 11.0 Å². The van der Waals surface area contributed by atoms with Crippen LogP contribution in [0.4, 0.5) is 0 Å². The second-order valence-corrected chi connectivity index (χ2v) is 9.44. The van der Waals surface area contributed by atoms with E-state index in [2.05, 4.69) is 66.2 Å². The standard InChI is InChI=1S/C28H37N3O2/c1-21(2)23-11-5-8-14-26(23)33-20-10-19-31-25-13-7-6-12-24(25)30-27(31)15-4-3-9-18-29-28(32)22-16-17-22/h5-8,11-14,21-22H,3-4,9-10,15-20H2,1-2H3,(H,29,32). The van der Waals surface area contributed by atoms with Crippen molar-refractivity contribution in [2.24, 2.45) is 5.92 Å². The smallest absolute Gasteiger partial charge is 0.223 e. The lowest BCUT2D eigenvalue weighted by Crippen LogP contribution is -2.25. The molecule has 1 saturated carbocycles. The van der Waals surface area contributed by atoms with Crippen LogP contribution in [0.5, 0.6) is 5.75 Å². The molecule has 0 bridgehead atoms. The first-order valence-electron chi connectivity index (χ1n) is 12.6. The lowest BCUT2D eigenvalue weighted by atomic mass is 10.0. The average molecular weight is 448 g/mol. The van der Waals surface area contributed by atoms with Gasteiger partial charge in [-0.2, -0.15) is 0 Å². The lowest BCUT2D eigenvalue weighted by molar-refractivity contribution is -0.122. The highest BCUT2D eigenvalue weighted by Gasteiger charge is 2.28. The number of unbranched alkanes of at least 4 members (excludes halogenated alkanes) is 2. The van der Waals surface area contributed by atoms with Crippen LogP contribution in [-0.2, 0) is 17.8 Å². The maximum atomic E-state index is 11.7. The maximum absolute atomic E-state index is 11.7. The highest BCUT2D eigenvalue weighted by Crippen LogP contribution is 2.28. The van der Waals surface area contributed by atoms with Crippen molar-refractivity contribution in [3.8, 4) is 5.75 Å². The van der Waals surface area contributed by atoms with Crippen molar-refractivity contribution in [1.29, 1.82) is 0 Å². The number of carbonyl (C=O) groups is 1. The quantitative estimate of drug-likeness (QED) is 0.334. The first-order valence-corrected chi connectivity index (χ1v) is 12.6. The van der Waals surface area contributed by atoms with Crippen molar-refractivity contribution in [2.75, 3.05) is 13.2 Å². The Bertz CT molecular complexity index is 1050. The molecule has 5 heteroatoms. The number of fused-ring (bicyclic) bond motifs is 1. The van der Waals surface area contributed by atoms with Gasteiger partial charge in [-0.25, -0.2) is 4.98 Å². The fourth-order valence-electron chi connectivity index (χ4n) is 4.35. The SMILES string of the molecule is CC(C)c1ccccc1OCCCn1c(CCCCCNC(=O)C2CC2)nc2ccccc21. The molecule has 0 atom stereocenters. The van der Waals surface area contributed by atoms with E-state index in [-0.39, 0.29) is 5.91 Å². The van der Waals surface area contributed by atoms with Crippen LogP contribution in [0.1, 0.15) is 69.7 Å². The van der Waals surface area contributed by atoms with Gasteiger partial charge in [0.15, 0.2) is 0 Å². The summed E-state index contributed by atoms with van der Waals surface area (Å²) in [6.07, 6.45) is 7.25. The number of para-hydroxylation sites is 3. The zero-order valence-corrected chi connectivity index (χ0v) is 20.1. The molecule has 0 unspecified atom stereocenters. The minimum Gasteiger partial charge on any atom is -0.493 e. The second kappa shape index (κ2) is 11.4. The van der Waals surface area contributed by atoms with Crippen LogP contribution in [0.3, 0.4) is 0 Å². The number of rotatable bonds is 13. The number of aryl methyl sites for hydroxylation is 2. The van der Waals surface area contributed by atoms with Crippen molar-refractivity contribution in [2.45, 2.75) is 71.3 Å². The van der Waals surface area contributed by atoms with E-state index in [1.54, 1.807) is 0 Å². The number of carbonyl (C=O) groups excluding carboxylic acids is 1. The van der Waals surface area contributed by atoms with Crippen molar-refractivity contribution in [3.63, 3.8) is 0 Å². The van der Waals surface area contributed by atoms with Crippen molar-refractivity contribution in [3.05, 3.63) is 59.9 Å². The molecule has 5 nitrogen and oxygen atoms in total. The number of ether oxygens (including phenoxy) is 1. The summed E-state index contributed by atoms with van der Waals surface area (Å²) in [5.41, 5.74) is 3.53. The molecular weight excluding hydrogens is 410 g/mol. The average Bonchev–Trinajstić information content (AvgIpc) is 3.62. The van der Waals surface area contributed by atoms with Gasteiger partial charge >= 0.3 is 0 Å². The van der Waals surface area contributed by atoms with E-state index in [1.165, 1.54) is 11.1 Å². The molecule has 4 rings (SSSR count). The van der Waals surface area contributed by atoms with Crippen molar-refractivity contribution < 1.29 is 9.53 Å². The second-order valence-electron chi connectivity index (χ2n) is 9.44. The highest BCUT2D eigenvalue weighted by molar-refractivity contribution is 5.80. The van der Waals surface area contributed by atoms with Gasteiger partial charge in [0.05, 0.1) is 17.6 Å². The number of nitrogens with one attached hydrogen (secondary N) is 1. The van der Waals surface area contributed by atoms with Gasteiger partial charge in [0.2, 0.25) is 5.91 Å². The Morgan fingerprint density at radius 1 is 1.06 bits per heavy atom. The molecule has 1 aliphatic rings. The Balaban J connectivity index is 1.28. The van der Waals surface area contributed by atoms with E-state index in [9.17, 15) is 4.79 Å². The van der Waals surface area contributed by atoms with Gasteiger partial charge in [-0.1, -0.05) is 50.6 Å². The number of amides is 1. The number of benzene rings is 2. The van der Waals surface area contributed by atoms with Crippen molar-refractivity contribution in [1.82, 2.24) is 14.9 Å². The molecule has 33 heavy (non-hydrogen) atoms. The largest absolute Gasteiger partial charge is 0.493 e. The number of hydrogen-bond acceptors (Lipinski definition) is 3. The first kappa shape index (κ1) is 23.3. The van der Waals surface area contributed by atoms with Crippen LogP contribution >= 0.6 is 0 Å². The molecule has 3 aromatic rings. The molecule has 1 aromatic heterocycles. The molecule has 0 spiro atoms. The van der Waals surface area contributed by atoms with Crippen LogP contribution < -0.4 is 10.1 Å². The normalized spacial score (nSPS) is 13.5. The predicted molar refractivity (Wildman–Crippen MR) is 134 cm³/mol. The molecule has 1 amide bonds. The van der Waals surface area contributed by atoms with E-state index in [0.717, 1.165) is 75.1 Å². The zero-order chi connectivity index (χ0) is 23.0. The highest BCUT2D eigenvalue weighted by atomic mass is 16.5. The Morgan fingerprint density at radius 2 is 1.85 bits per heavy atom. The summed E-state index contributed by atoms with van der Waals surface area (Å²) in [6.45, 7) is 6.79. The number of aromatic nitrogens is 2. The third-order valence-electron chi connectivity index (χ3n) is 6.38. The zero-order valence-electron chi connectivity index (χ0n) is 20.1. The van der Waals surface area contributed by atoms with Crippen LogP contribution in [0.2, 0.25) is 0 Å². The van der Waals surface area contributed by atoms with E-state index in [4.69, 9.17) is 9.72 Å². The molecule has 1 N–H and O–H groups in total. The molecule has 0 radical (unpaired) electrons. The molecule has 1 heterocycles. The summed E-state index contributed by atoms with van der Waals surface area (Å²) in [6, 6.07) is 16.7. The number of nitrogens with zero attached hydrogens (tertiary/aromatic N) is 2. The number of imidazole rings is 1. The topological polar surface area (TPSA) is 56.1 Å². The van der Waals surface area contributed by atoms with E-state index >= 15 is 0 Å². The number of hydrogen-bond donors (Lipinski definition) is 1. The van der Waals surface area contributed by atoms with Gasteiger partial charge in [-0.15, -0.1) is 0 Å². The summed E-state index contributed by atoms with van der Waals surface area (Å²) in [7, 11) is 0. The van der Waals surface area contributed by atoms with Gasteiger partial charge in [-0.05, 0) is 61.8 Å². The summed E-state index contributed by atoms with van der Waals surface area (Å²) in [4.78, 5) is 16.7. The van der Waals surface area contributed by atoms with Gasteiger partial charge in [0.25, 0.3) is 0 Å². The van der Waals surface area contributed by atoms with Gasteiger partial charge in [0.1, 0.15) is 11.6 Å². The van der Waals surface area contributed by atoms with Crippen molar-refractivity contribution >= 4 is 16.9 Å². The Kier molecular flexibility index (Phi) is 8.03. The van der Waals surface area contributed by atoms with Gasteiger partial charge in [0, 0.05) is 25.4 Å². The molecule has 0 saturated heterocycles. The van der Waals surface area contributed by atoms with Gasteiger partial charge < -0.3 is 14.6 Å². The summed E-state index contributed by atoms with van der Waals surface area (Å²) in [5.74, 6) is 3.15. The molecular formula is C28H37N3O2. The lowest BCUT2D eigenvalue weighted by Gasteiger charge is -2.14. The monoisotopic (exact) mass is 447 g/mol. The maximum Gasteiger partial charge on any atom is 0.223 e. The minimum atomic E-state index is 0.245. The van der Waals surface area contributed by atoms with E-state index in [0.29, 0.717) is 18.4 Å². The molecule has 2 aromatic carbocycles. The molecule has 0 aliphatic heterocycles. The fraction of sp³-hybridized carbons (Fsp3) is 0.500. The Hall–Kier alpha value is -2.82. The van der Waals surface area contributed by atoms with Crippen LogP contribution in [0.15, 0.2) is 48.5 Å². The first-order chi connectivity index (χ1) is 16.1. The molecule has 1 fully saturated rings. The Morgan fingerprint density at radius 3 is 2.67 bits per heavy atom. The molecule has 176 valence electrons. The summed E-state index contributed by atoms with van der Waals surface area (Å²) >= 11 is 0. The Labute approximate surface area is 197 Å². The third-order valence-corrected chi connectivity index (χ3v) is 6.38. The van der Waals surface area contributed by atoms with Gasteiger partial charge in [-0.3, -0.25) is 4.79 Å².